The molecule has 0 fully saturated rings. The molecule has 0 atom stereocenters. The van der Waals surface area contributed by atoms with Gasteiger partial charge in [-0.3, -0.25) is 9.10 Å². The van der Waals surface area contributed by atoms with Crippen molar-refractivity contribution in [2.45, 2.75) is 11.8 Å². The van der Waals surface area contributed by atoms with Crippen LogP contribution in [0.3, 0.4) is 0 Å². The molecule has 7 heteroatoms. The molecule has 33 heavy (non-hydrogen) atoms. The van der Waals surface area contributed by atoms with Crippen molar-refractivity contribution in [3.05, 3.63) is 97.1 Å². The van der Waals surface area contributed by atoms with Gasteiger partial charge in [0.15, 0.2) is 0 Å². The second-order valence-electron chi connectivity index (χ2n) is 7.30. The lowest BCUT2D eigenvalue weighted by atomic mass is 10.1. The number of amides is 1. The number of nitrogens with zero attached hydrogens (tertiary/aromatic N) is 1. The molecule has 0 bridgehead atoms. The van der Waals surface area contributed by atoms with E-state index in [-0.39, 0.29) is 4.90 Å². The Morgan fingerprint density at radius 3 is 2.30 bits per heavy atom. The molecule has 4 aromatic rings. The molecule has 0 aliphatic rings. The summed E-state index contributed by atoms with van der Waals surface area (Å²) >= 11 is 0. The van der Waals surface area contributed by atoms with Gasteiger partial charge in [0.2, 0.25) is 5.91 Å². The highest BCUT2D eigenvalue weighted by molar-refractivity contribution is 7.92. The van der Waals surface area contributed by atoms with Crippen LogP contribution >= 0.6 is 0 Å². The van der Waals surface area contributed by atoms with Gasteiger partial charge in [0.1, 0.15) is 12.3 Å². The fourth-order valence-corrected chi connectivity index (χ4v) is 5.07. The summed E-state index contributed by atoms with van der Waals surface area (Å²) < 4.78 is 33.9. The first kappa shape index (κ1) is 22.4. The maximum atomic E-state index is 13.6. The van der Waals surface area contributed by atoms with Gasteiger partial charge in [0.25, 0.3) is 10.0 Å². The normalized spacial score (nSPS) is 11.2. The van der Waals surface area contributed by atoms with Gasteiger partial charge in [0, 0.05) is 11.1 Å². The minimum Gasteiger partial charge on any atom is -0.492 e. The lowest BCUT2D eigenvalue weighted by Crippen LogP contribution is -2.38. The first-order valence-electron chi connectivity index (χ1n) is 10.6. The zero-order valence-electron chi connectivity index (χ0n) is 18.1. The molecule has 0 aromatic heterocycles. The number of para-hydroxylation sites is 2. The zero-order chi connectivity index (χ0) is 23.3. The molecule has 0 saturated heterocycles. The van der Waals surface area contributed by atoms with Crippen LogP contribution in [0, 0.1) is 0 Å². The molecule has 0 aliphatic carbocycles. The Morgan fingerprint density at radius 1 is 0.848 bits per heavy atom. The van der Waals surface area contributed by atoms with Gasteiger partial charge in [-0.25, -0.2) is 8.42 Å². The first-order valence-corrected chi connectivity index (χ1v) is 12.0. The van der Waals surface area contributed by atoms with E-state index in [9.17, 15) is 13.2 Å². The summed E-state index contributed by atoms with van der Waals surface area (Å²) in [7, 11) is -4.03. The molecular formula is C26H24N2O4S. The maximum Gasteiger partial charge on any atom is 0.264 e. The number of carbonyl (C=O) groups is 1. The summed E-state index contributed by atoms with van der Waals surface area (Å²) in [4.78, 5) is 13.2. The van der Waals surface area contributed by atoms with Crippen molar-refractivity contribution in [2.24, 2.45) is 0 Å². The molecule has 168 valence electrons. The number of hydrogen-bond donors (Lipinski definition) is 1. The summed E-state index contributed by atoms with van der Waals surface area (Å²) in [5.41, 5.74) is 0.921. The highest BCUT2D eigenvalue weighted by Crippen LogP contribution is 2.32. The molecule has 1 amide bonds. The number of fused-ring (bicyclic) bond motifs is 1. The molecule has 4 aromatic carbocycles. The molecular weight excluding hydrogens is 436 g/mol. The predicted molar refractivity (Wildman–Crippen MR) is 131 cm³/mol. The van der Waals surface area contributed by atoms with Crippen LogP contribution in [0.4, 0.5) is 11.4 Å². The summed E-state index contributed by atoms with van der Waals surface area (Å²) in [5.74, 6) is -0.0744. The number of benzene rings is 4. The van der Waals surface area contributed by atoms with Crippen LogP contribution in [0.15, 0.2) is 102 Å². The molecule has 0 saturated carbocycles. The molecule has 0 unspecified atom stereocenters. The molecule has 0 heterocycles. The van der Waals surface area contributed by atoms with Crippen molar-refractivity contribution in [1.29, 1.82) is 0 Å². The Morgan fingerprint density at radius 2 is 1.52 bits per heavy atom. The van der Waals surface area contributed by atoms with Gasteiger partial charge < -0.3 is 10.1 Å². The van der Waals surface area contributed by atoms with E-state index in [0.29, 0.717) is 23.7 Å². The van der Waals surface area contributed by atoms with E-state index in [1.54, 1.807) is 48.5 Å². The average Bonchev–Trinajstić information content (AvgIpc) is 2.84. The van der Waals surface area contributed by atoms with Crippen LogP contribution in [0.1, 0.15) is 6.92 Å². The fraction of sp³-hybridized carbons (Fsp3) is 0.115. The molecule has 0 aliphatic heterocycles. The Hall–Kier alpha value is -3.84. The Labute approximate surface area is 193 Å². The number of carbonyl (C=O) groups excluding carboxylic acids is 1. The average molecular weight is 461 g/mol. The molecule has 0 spiro atoms. The quantitative estimate of drug-likeness (QED) is 0.398. The van der Waals surface area contributed by atoms with E-state index in [1.807, 2.05) is 43.3 Å². The van der Waals surface area contributed by atoms with Crippen molar-refractivity contribution in [3.8, 4) is 5.75 Å². The van der Waals surface area contributed by atoms with E-state index in [1.165, 1.54) is 12.1 Å². The smallest absolute Gasteiger partial charge is 0.264 e. The van der Waals surface area contributed by atoms with Gasteiger partial charge in [-0.1, -0.05) is 66.7 Å². The third-order valence-corrected chi connectivity index (χ3v) is 6.89. The number of nitrogens with one attached hydrogen (secondary N) is 1. The topological polar surface area (TPSA) is 75.7 Å². The largest absolute Gasteiger partial charge is 0.492 e. The number of anilines is 2. The Kier molecular flexibility index (Phi) is 6.60. The van der Waals surface area contributed by atoms with Gasteiger partial charge in [-0.15, -0.1) is 0 Å². The third-order valence-electron chi connectivity index (χ3n) is 5.12. The van der Waals surface area contributed by atoms with Crippen LogP contribution in [0.5, 0.6) is 5.75 Å². The summed E-state index contributed by atoms with van der Waals surface area (Å²) in [6.45, 7) is 1.77. The third kappa shape index (κ3) is 4.83. The van der Waals surface area contributed by atoms with Crippen LogP contribution in [0.2, 0.25) is 0 Å². The summed E-state index contributed by atoms with van der Waals surface area (Å²) in [5, 5.41) is 4.73. The Bertz CT molecular complexity index is 1370. The number of rotatable bonds is 8. The first-order chi connectivity index (χ1) is 16.0. The standard InChI is InChI=1S/C26H24N2O4S/c1-2-32-25-18-9-8-17-24(25)28(33(30,31)21-13-4-3-5-14-21)19-26(29)27-23-16-10-12-20-11-6-7-15-22(20)23/h3-18H,2,19H2,1H3,(H,27,29). The highest BCUT2D eigenvalue weighted by atomic mass is 32.2. The van der Waals surface area contributed by atoms with E-state index in [4.69, 9.17) is 4.74 Å². The zero-order valence-corrected chi connectivity index (χ0v) is 19.0. The van der Waals surface area contributed by atoms with Crippen molar-refractivity contribution < 1.29 is 17.9 Å². The van der Waals surface area contributed by atoms with E-state index >= 15 is 0 Å². The maximum absolute atomic E-state index is 13.6. The van der Waals surface area contributed by atoms with E-state index in [0.717, 1.165) is 15.1 Å². The van der Waals surface area contributed by atoms with Crippen molar-refractivity contribution in [3.63, 3.8) is 0 Å². The van der Waals surface area contributed by atoms with Crippen molar-refractivity contribution in [2.75, 3.05) is 22.8 Å². The second kappa shape index (κ2) is 9.75. The van der Waals surface area contributed by atoms with Crippen molar-refractivity contribution >= 4 is 38.1 Å². The second-order valence-corrected chi connectivity index (χ2v) is 9.16. The van der Waals surface area contributed by atoms with Gasteiger partial charge >= 0.3 is 0 Å². The Balaban J connectivity index is 1.72. The molecule has 0 radical (unpaired) electrons. The minimum absolute atomic E-state index is 0.0919. The van der Waals surface area contributed by atoms with Crippen LogP contribution in [0.25, 0.3) is 10.8 Å². The number of hydrogen-bond acceptors (Lipinski definition) is 4. The minimum atomic E-state index is -4.03. The van der Waals surface area contributed by atoms with E-state index in [2.05, 4.69) is 5.32 Å². The molecule has 4 rings (SSSR count). The number of sulfonamides is 1. The summed E-state index contributed by atoms with van der Waals surface area (Å²) in [6.07, 6.45) is 0. The lowest BCUT2D eigenvalue weighted by molar-refractivity contribution is -0.114. The fourth-order valence-electron chi connectivity index (χ4n) is 3.61. The molecule has 1 N–H and O–H groups in total. The SMILES string of the molecule is CCOc1ccccc1N(CC(=O)Nc1cccc2ccccc12)S(=O)(=O)c1ccccc1. The predicted octanol–water partition coefficient (Wildman–Crippen LogP) is 5.07. The van der Waals surface area contributed by atoms with Crippen molar-refractivity contribution in [1.82, 2.24) is 0 Å². The van der Waals surface area contributed by atoms with Crippen LogP contribution < -0.4 is 14.4 Å². The summed E-state index contributed by atoms with van der Waals surface area (Å²) in [6, 6.07) is 28.1. The highest BCUT2D eigenvalue weighted by Gasteiger charge is 2.29. The lowest BCUT2D eigenvalue weighted by Gasteiger charge is -2.26. The van der Waals surface area contributed by atoms with Gasteiger partial charge in [-0.2, -0.15) is 0 Å². The van der Waals surface area contributed by atoms with E-state index < -0.39 is 22.5 Å². The molecule has 6 nitrogen and oxygen atoms in total. The van der Waals surface area contributed by atoms with Crippen LogP contribution in [-0.2, 0) is 14.8 Å². The van der Waals surface area contributed by atoms with Gasteiger partial charge in [0.05, 0.1) is 17.2 Å². The van der Waals surface area contributed by atoms with Crippen LogP contribution in [-0.4, -0.2) is 27.5 Å². The monoisotopic (exact) mass is 460 g/mol. The number of ether oxygens (including phenoxy) is 1. The van der Waals surface area contributed by atoms with Gasteiger partial charge in [-0.05, 0) is 42.6 Å².